The van der Waals surface area contributed by atoms with Gasteiger partial charge in [-0.2, -0.15) is 8.75 Å². The second kappa shape index (κ2) is 13.3. The van der Waals surface area contributed by atoms with Crippen molar-refractivity contribution in [2.24, 2.45) is 11.8 Å². The average molecular weight is 681 g/mol. The summed E-state index contributed by atoms with van der Waals surface area (Å²) >= 11 is 4.16. The monoisotopic (exact) mass is 680 g/mol. The third-order valence-corrected chi connectivity index (χ3v) is 11.3. The molecule has 0 amide bonds. The van der Waals surface area contributed by atoms with Crippen molar-refractivity contribution >= 4 is 56.5 Å². The topological polar surface area (TPSA) is 51.6 Å². The van der Waals surface area contributed by atoms with E-state index in [0.717, 1.165) is 90.2 Å². The van der Waals surface area contributed by atoms with Crippen LogP contribution in [0.1, 0.15) is 51.7 Å². The highest BCUT2D eigenvalue weighted by Gasteiger charge is 2.24. The van der Waals surface area contributed by atoms with Gasteiger partial charge < -0.3 is 0 Å². The van der Waals surface area contributed by atoms with Crippen LogP contribution in [0.3, 0.4) is 0 Å². The van der Waals surface area contributed by atoms with E-state index in [1.165, 1.54) is 22.7 Å². The zero-order valence-corrected chi connectivity index (χ0v) is 29.1. The number of nitrogens with zero attached hydrogens (tertiary/aromatic N) is 4. The average Bonchev–Trinajstić information content (AvgIpc) is 3.84. The molecular weight excluding hydrogens is 647 g/mol. The Morgan fingerprint density at radius 1 is 0.553 bits per heavy atom. The molecule has 0 aliphatic rings. The summed E-state index contributed by atoms with van der Waals surface area (Å²) in [5.74, 6) is 0.714. The van der Waals surface area contributed by atoms with Crippen molar-refractivity contribution in [3.8, 4) is 41.8 Å². The molecule has 7 aromatic rings. The summed E-state index contributed by atoms with van der Waals surface area (Å²) in [6.07, 6.45) is 7.14. The van der Waals surface area contributed by atoms with E-state index in [1.54, 1.807) is 24.5 Å². The molecule has 0 saturated heterocycles. The molecule has 0 saturated carbocycles. The summed E-state index contributed by atoms with van der Waals surface area (Å²) < 4.78 is 40.2. The summed E-state index contributed by atoms with van der Waals surface area (Å²) in [6.45, 7) is 8.72. The lowest BCUT2D eigenvalue weighted by atomic mass is 10.0. The Hall–Kier alpha value is -3.92. The summed E-state index contributed by atoms with van der Waals surface area (Å²) in [4.78, 5) is 13.1. The maximum absolute atomic E-state index is 15.3. The van der Waals surface area contributed by atoms with Crippen LogP contribution in [0.25, 0.3) is 63.8 Å². The van der Waals surface area contributed by atoms with E-state index < -0.39 is 0 Å². The molecule has 4 aromatic heterocycles. The number of halogens is 2. The first-order chi connectivity index (χ1) is 22.8. The van der Waals surface area contributed by atoms with Gasteiger partial charge in [-0.25, -0.2) is 8.78 Å². The van der Waals surface area contributed by atoms with E-state index in [2.05, 4.69) is 27.7 Å². The maximum atomic E-state index is 15.3. The molecule has 238 valence electrons. The van der Waals surface area contributed by atoms with Crippen molar-refractivity contribution in [1.82, 2.24) is 18.7 Å². The van der Waals surface area contributed by atoms with Crippen LogP contribution < -0.4 is 0 Å². The molecule has 0 unspecified atom stereocenters. The van der Waals surface area contributed by atoms with Crippen LogP contribution in [0.2, 0.25) is 0 Å². The highest BCUT2D eigenvalue weighted by molar-refractivity contribution is 7.19. The lowest BCUT2D eigenvalue weighted by Crippen LogP contribution is -1.93. The van der Waals surface area contributed by atoms with Gasteiger partial charge >= 0.3 is 0 Å². The van der Waals surface area contributed by atoms with Crippen molar-refractivity contribution in [2.45, 2.75) is 53.4 Å². The first kappa shape index (κ1) is 31.7. The van der Waals surface area contributed by atoms with Gasteiger partial charge in [-0.15, -0.1) is 22.7 Å². The molecule has 0 aliphatic heterocycles. The Bertz CT molecular complexity index is 2060. The lowest BCUT2D eigenvalue weighted by Gasteiger charge is -2.10. The Kier molecular flexibility index (Phi) is 8.96. The summed E-state index contributed by atoms with van der Waals surface area (Å²) in [6, 6.07) is 19.1. The van der Waals surface area contributed by atoms with Crippen LogP contribution in [0.5, 0.6) is 0 Å². The van der Waals surface area contributed by atoms with E-state index >= 15 is 8.78 Å². The van der Waals surface area contributed by atoms with Crippen LogP contribution in [0.4, 0.5) is 8.78 Å². The first-order valence-electron chi connectivity index (χ1n) is 15.9. The summed E-state index contributed by atoms with van der Waals surface area (Å²) in [5.41, 5.74) is 7.74. The number of aryl methyl sites for hydroxylation is 2. The van der Waals surface area contributed by atoms with Crippen LogP contribution >= 0.6 is 34.4 Å². The molecule has 0 aliphatic carbocycles. The molecular formula is C38H34F2N4S3. The molecule has 0 spiro atoms. The highest BCUT2D eigenvalue weighted by atomic mass is 32.1. The van der Waals surface area contributed by atoms with E-state index in [1.807, 2.05) is 48.5 Å². The molecule has 0 radical (unpaired) electrons. The molecule has 7 rings (SSSR count). The van der Waals surface area contributed by atoms with Crippen LogP contribution in [0.15, 0.2) is 73.1 Å². The van der Waals surface area contributed by atoms with E-state index in [-0.39, 0.29) is 11.6 Å². The van der Waals surface area contributed by atoms with Gasteiger partial charge in [-0.05, 0) is 85.0 Å². The summed E-state index contributed by atoms with van der Waals surface area (Å²) in [7, 11) is 0. The second-order valence-electron chi connectivity index (χ2n) is 12.8. The minimum Gasteiger partial charge on any atom is -0.252 e. The fourth-order valence-electron chi connectivity index (χ4n) is 5.88. The van der Waals surface area contributed by atoms with Gasteiger partial charge in [0.2, 0.25) is 0 Å². The number of benzene rings is 3. The molecule has 47 heavy (non-hydrogen) atoms. The number of hydrogen-bond acceptors (Lipinski definition) is 7. The van der Waals surface area contributed by atoms with Gasteiger partial charge in [0.05, 0.1) is 11.7 Å². The standard InChI is InChI=1S/C38H34F2N4S3/c1-21(2)5-7-23-9-11-25(27(39)19-23)29-13-15-31(45-29)33-35-36(42-18-17-41-35)34(38-37(33)43-47-44-38)32-16-14-30(46-32)26-12-10-24(20-28(26)40)8-6-22(3)4/h9-22H,5-8H2,1-4H3. The summed E-state index contributed by atoms with van der Waals surface area (Å²) in [5, 5.41) is 0. The second-order valence-corrected chi connectivity index (χ2v) is 15.5. The van der Waals surface area contributed by atoms with Crippen molar-refractivity contribution in [1.29, 1.82) is 0 Å². The van der Waals surface area contributed by atoms with Crippen molar-refractivity contribution in [2.75, 3.05) is 0 Å². The number of fused-ring (bicyclic) bond motifs is 2. The Labute approximate surface area is 285 Å². The lowest BCUT2D eigenvalue weighted by molar-refractivity contribution is 0.582. The van der Waals surface area contributed by atoms with Crippen molar-refractivity contribution in [3.05, 3.63) is 95.8 Å². The van der Waals surface area contributed by atoms with E-state index in [0.29, 0.717) is 34.0 Å². The number of hydrogen-bond donors (Lipinski definition) is 0. The van der Waals surface area contributed by atoms with Gasteiger partial charge in [0.25, 0.3) is 0 Å². The normalized spacial score (nSPS) is 11.9. The zero-order chi connectivity index (χ0) is 32.7. The molecule has 3 aromatic carbocycles. The largest absolute Gasteiger partial charge is 0.252 e. The molecule has 0 N–H and O–H groups in total. The van der Waals surface area contributed by atoms with E-state index in [4.69, 9.17) is 18.7 Å². The molecule has 9 heteroatoms. The van der Waals surface area contributed by atoms with Gasteiger partial charge in [0, 0.05) is 54.2 Å². The number of rotatable bonds is 10. The fraction of sp³-hybridized carbons (Fsp3) is 0.263. The Balaban J connectivity index is 1.27. The van der Waals surface area contributed by atoms with Crippen LogP contribution in [-0.4, -0.2) is 18.7 Å². The minimum atomic E-state index is -0.213. The van der Waals surface area contributed by atoms with Gasteiger partial charge in [-0.3, -0.25) is 9.97 Å². The minimum absolute atomic E-state index is 0.213. The van der Waals surface area contributed by atoms with Crippen molar-refractivity contribution < 1.29 is 8.78 Å². The van der Waals surface area contributed by atoms with Crippen molar-refractivity contribution in [3.63, 3.8) is 0 Å². The highest BCUT2D eigenvalue weighted by Crippen LogP contribution is 2.47. The SMILES string of the molecule is CC(C)CCc1ccc(-c2ccc(-c3c4nccnc4c(-c4ccc(-c5ccc(CCC(C)C)cc5F)s4)c4nsnc34)s2)c(F)c1. The quantitative estimate of drug-likeness (QED) is 0.144. The number of thiophene rings is 2. The fourth-order valence-corrected chi connectivity index (χ4v) is 8.60. The molecule has 4 nitrogen and oxygen atoms in total. The van der Waals surface area contributed by atoms with Gasteiger partial charge in [0.15, 0.2) is 0 Å². The smallest absolute Gasteiger partial charge is 0.132 e. The zero-order valence-electron chi connectivity index (χ0n) is 26.7. The molecule has 4 heterocycles. The molecule has 0 atom stereocenters. The maximum Gasteiger partial charge on any atom is 0.132 e. The van der Waals surface area contributed by atoms with Crippen LogP contribution in [-0.2, 0) is 12.8 Å². The van der Waals surface area contributed by atoms with Crippen LogP contribution in [0, 0.1) is 23.5 Å². The third-order valence-electron chi connectivity index (χ3n) is 8.46. The Morgan fingerprint density at radius 2 is 0.979 bits per heavy atom. The Morgan fingerprint density at radius 3 is 1.38 bits per heavy atom. The number of aromatic nitrogens is 4. The van der Waals surface area contributed by atoms with Gasteiger partial charge in [0.1, 0.15) is 33.7 Å². The first-order valence-corrected chi connectivity index (χ1v) is 18.3. The molecule has 0 fully saturated rings. The van der Waals surface area contributed by atoms with Gasteiger partial charge in [-0.1, -0.05) is 52.0 Å². The van der Waals surface area contributed by atoms with E-state index in [9.17, 15) is 0 Å². The molecule has 0 bridgehead atoms. The predicted molar refractivity (Wildman–Crippen MR) is 194 cm³/mol. The third kappa shape index (κ3) is 6.36. The predicted octanol–water partition coefficient (Wildman–Crippen LogP) is 11.9.